The van der Waals surface area contributed by atoms with Crippen LogP contribution in [0.3, 0.4) is 0 Å². The van der Waals surface area contributed by atoms with Crippen molar-refractivity contribution in [2.75, 3.05) is 0 Å². The highest BCUT2D eigenvalue weighted by Crippen LogP contribution is 2.34. The molecule has 0 radical (unpaired) electrons. The molecule has 6 nitrogen and oxygen atoms in total. The van der Waals surface area contributed by atoms with E-state index in [9.17, 15) is 0 Å². The Balaban J connectivity index is 2.72. The first-order chi connectivity index (χ1) is 6.79. The Morgan fingerprint density at radius 3 is 2.43 bits per heavy atom. The van der Waals surface area contributed by atoms with Crippen molar-refractivity contribution in [3.05, 3.63) is 8.95 Å². The Bertz CT molecular complexity index is 523. The van der Waals surface area contributed by atoms with Gasteiger partial charge in [0.1, 0.15) is 22.1 Å². The average molecular weight is 318 g/mol. The number of nitrogens with one attached hydrogen (secondary N) is 2. The van der Waals surface area contributed by atoms with Gasteiger partial charge in [-0.15, -0.1) is 10.2 Å². The molecule has 0 bridgehead atoms. The number of rotatable bonds is 0. The largest absolute Gasteiger partial charge is 0.282 e. The van der Waals surface area contributed by atoms with E-state index in [4.69, 9.17) is 0 Å². The zero-order chi connectivity index (χ0) is 9.71. The molecule has 0 unspecified atom stereocenters. The normalized spacial score (nSPS) is 11.6. The van der Waals surface area contributed by atoms with Gasteiger partial charge in [-0.2, -0.15) is 5.10 Å². The number of hydrogen-bond acceptors (Lipinski definition) is 4. The molecule has 3 aromatic rings. The van der Waals surface area contributed by atoms with Crippen LogP contribution in [0.25, 0.3) is 22.1 Å². The van der Waals surface area contributed by atoms with Gasteiger partial charge in [0.25, 0.3) is 0 Å². The summed E-state index contributed by atoms with van der Waals surface area (Å²) in [6.07, 6.45) is 0. The zero-order valence-electron chi connectivity index (χ0n) is 6.54. The zero-order valence-corrected chi connectivity index (χ0v) is 9.72. The predicted octanol–water partition coefficient (Wildman–Crippen LogP) is 1.75. The first-order valence-electron chi connectivity index (χ1n) is 3.67. The van der Waals surface area contributed by atoms with Crippen LogP contribution in [0.2, 0.25) is 0 Å². The van der Waals surface area contributed by atoms with Gasteiger partial charge in [0.2, 0.25) is 0 Å². The van der Waals surface area contributed by atoms with Crippen molar-refractivity contribution < 1.29 is 0 Å². The second-order valence-electron chi connectivity index (χ2n) is 2.69. The third kappa shape index (κ3) is 0.894. The van der Waals surface area contributed by atoms with Gasteiger partial charge in [-0.05, 0) is 37.1 Å². The van der Waals surface area contributed by atoms with Crippen molar-refractivity contribution in [3.8, 4) is 0 Å². The molecular formula is C6H2Br2N6. The molecule has 70 valence electrons. The van der Waals surface area contributed by atoms with E-state index in [1.54, 1.807) is 0 Å². The molecule has 0 aliphatic rings. The summed E-state index contributed by atoms with van der Waals surface area (Å²) in [6.45, 7) is 0. The number of hydrogen-bond donors (Lipinski definition) is 2. The summed E-state index contributed by atoms with van der Waals surface area (Å²) >= 11 is 6.83. The van der Waals surface area contributed by atoms with Gasteiger partial charge >= 0.3 is 0 Å². The molecule has 3 rings (SSSR count). The number of benzene rings is 1. The summed E-state index contributed by atoms with van der Waals surface area (Å²) in [6, 6.07) is 0. The number of H-pyrrole nitrogens is 2. The Morgan fingerprint density at radius 1 is 0.929 bits per heavy atom. The third-order valence-electron chi connectivity index (χ3n) is 1.94. The fraction of sp³-hybridized carbons (Fsp3) is 0. The van der Waals surface area contributed by atoms with Crippen LogP contribution >= 0.6 is 31.9 Å². The molecule has 2 N–H and O–H groups in total. The summed E-state index contributed by atoms with van der Waals surface area (Å²) in [4.78, 5) is 0. The van der Waals surface area contributed by atoms with E-state index in [1.165, 1.54) is 0 Å². The van der Waals surface area contributed by atoms with Crippen LogP contribution in [0.4, 0.5) is 0 Å². The van der Waals surface area contributed by atoms with E-state index in [2.05, 4.69) is 62.7 Å². The molecule has 0 atom stereocenters. The lowest BCUT2D eigenvalue weighted by Gasteiger charge is -1.95. The van der Waals surface area contributed by atoms with E-state index in [1.807, 2.05) is 0 Å². The summed E-state index contributed by atoms with van der Waals surface area (Å²) in [5.41, 5.74) is 3.02. The second-order valence-corrected chi connectivity index (χ2v) is 4.27. The minimum atomic E-state index is 0.699. The highest BCUT2D eigenvalue weighted by atomic mass is 79.9. The fourth-order valence-corrected chi connectivity index (χ4v) is 2.41. The minimum absolute atomic E-state index is 0.699. The van der Waals surface area contributed by atoms with Gasteiger partial charge in [0, 0.05) is 0 Å². The van der Waals surface area contributed by atoms with E-state index >= 15 is 0 Å². The maximum Gasteiger partial charge on any atom is 0.133 e. The molecule has 0 aliphatic carbocycles. The van der Waals surface area contributed by atoms with E-state index < -0.39 is 0 Å². The molecule has 0 saturated heterocycles. The number of fused-ring (bicyclic) bond motifs is 2. The lowest BCUT2D eigenvalue weighted by molar-refractivity contribution is 0.951. The summed E-state index contributed by atoms with van der Waals surface area (Å²) in [7, 11) is 0. The molecule has 8 heteroatoms. The number of aromatic amines is 2. The van der Waals surface area contributed by atoms with Gasteiger partial charge in [-0.3, -0.25) is 5.10 Å². The SMILES string of the molecule is Brc1c2nnnc2c(Br)c2[nH][nH]nc12. The van der Waals surface area contributed by atoms with E-state index in [0.717, 1.165) is 20.0 Å². The van der Waals surface area contributed by atoms with Crippen LogP contribution in [0.1, 0.15) is 0 Å². The number of halogens is 2. The van der Waals surface area contributed by atoms with Crippen molar-refractivity contribution in [2.45, 2.75) is 0 Å². The van der Waals surface area contributed by atoms with Crippen molar-refractivity contribution >= 4 is 53.9 Å². The van der Waals surface area contributed by atoms with Gasteiger partial charge < -0.3 is 0 Å². The van der Waals surface area contributed by atoms with Gasteiger partial charge in [-0.1, -0.05) is 0 Å². The fourth-order valence-electron chi connectivity index (χ4n) is 1.31. The van der Waals surface area contributed by atoms with Crippen LogP contribution in [0.5, 0.6) is 0 Å². The Morgan fingerprint density at radius 2 is 1.64 bits per heavy atom. The van der Waals surface area contributed by atoms with E-state index in [-0.39, 0.29) is 0 Å². The smallest absolute Gasteiger partial charge is 0.133 e. The molecular weight excluding hydrogens is 316 g/mol. The molecule has 0 spiro atoms. The lowest BCUT2D eigenvalue weighted by atomic mass is 10.3. The lowest BCUT2D eigenvalue weighted by Crippen LogP contribution is -1.80. The number of nitrogens with zero attached hydrogens (tertiary/aromatic N) is 4. The highest BCUT2D eigenvalue weighted by molar-refractivity contribution is 9.11. The Hall–Kier alpha value is -1.02. The molecule has 0 amide bonds. The number of aromatic nitrogens is 6. The first-order valence-corrected chi connectivity index (χ1v) is 5.26. The van der Waals surface area contributed by atoms with Crippen LogP contribution < -0.4 is 0 Å². The quantitative estimate of drug-likeness (QED) is 0.661. The van der Waals surface area contributed by atoms with Crippen LogP contribution in [-0.4, -0.2) is 30.8 Å². The summed E-state index contributed by atoms with van der Waals surface area (Å²) in [5, 5.41) is 21.1. The topological polar surface area (TPSA) is 83.1 Å². The molecule has 0 fully saturated rings. The van der Waals surface area contributed by atoms with Crippen molar-refractivity contribution in [2.24, 2.45) is 0 Å². The van der Waals surface area contributed by atoms with Crippen LogP contribution in [0.15, 0.2) is 8.95 Å². The molecule has 14 heavy (non-hydrogen) atoms. The van der Waals surface area contributed by atoms with Gasteiger partial charge in [0.15, 0.2) is 0 Å². The maximum absolute atomic E-state index is 4.06. The first kappa shape index (κ1) is 8.30. The maximum atomic E-state index is 4.06. The highest BCUT2D eigenvalue weighted by Gasteiger charge is 2.16. The standard InChI is InChI=1S/C6H2Br2N6/c7-1-3-5(11-13-9-3)2(8)6-4(1)10-14-12-6/h9,13H. The van der Waals surface area contributed by atoms with Crippen LogP contribution in [0, 0.1) is 0 Å². The second kappa shape index (κ2) is 2.74. The van der Waals surface area contributed by atoms with Crippen molar-refractivity contribution in [1.29, 1.82) is 0 Å². The Kier molecular flexibility index (Phi) is 1.62. The molecule has 2 aromatic heterocycles. The summed E-state index contributed by atoms with van der Waals surface area (Å²) in [5.74, 6) is 0. The minimum Gasteiger partial charge on any atom is -0.282 e. The third-order valence-corrected chi connectivity index (χ3v) is 3.47. The van der Waals surface area contributed by atoms with E-state index in [0.29, 0.717) is 11.0 Å². The molecule has 2 heterocycles. The molecule has 1 aromatic carbocycles. The Labute approximate surface area is 93.7 Å². The molecule has 0 saturated carbocycles. The molecule has 0 aliphatic heterocycles. The van der Waals surface area contributed by atoms with Crippen LogP contribution in [-0.2, 0) is 0 Å². The predicted molar refractivity (Wildman–Crippen MR) is 56.7 cm³/mol. The summed E-state index contributed by atoms with van der Waals surface area (Å²) < 4.78 is 1.60. The average Bonchev–Trinajstić information content (AvgIpc) is 2.82. The monoisotopic (exact) mass is 316 g/mol. The van der Waals surface area contributed by atoms with Crippen molar-refractivity contribution in [3.63, 3.8) is 0 Å². The van der Waals surface area contributed by atoms with Gasteiger partial charge in [0.05, 0.1) is 8.95 Å². The van der Waals surface area contributed by atoms with Crippen molar-refractivity contribution in [1.82, 2.24) is 30.8 Å². The van der Waals surface area contributed by atoms with Gasteiger partial charge in [-0.25, -0.2) is 5.21 Å².